The molecule has 22 heavy (non-hydrogen) atoms. The third kappa shape index (κ3) is 16.2. The van der Waals surface area contributed by atoms with Crippen molar-refractivity contribution in [3.8, 4) is 0 Å². The lowest BCUT2D eigenvalue weighted by molar-refractivity contribution is -0.122. The predicted octanol–water partition coefficient (Wildman–Crippen LogP) is 5.44. The second kappa shape index (κ2) is 17.1. The van der Waals surface area contributed by atoms with Gasteiger partial charge in [-0.15, -0.1) is 0 Å². The maximum atomic E-state index is 11.5. The fourth-order valence-electron chi connectivity index (χ4n) is 2.56. The van der Waals surface area contributed by atoms with Crippen LogP contribution in [0, 0.1) is 0 Å². The van der Waals surface area contributed by atoms with E-state index in [9.17, 15) is 4.79 Å². The Kier molecular flexibility index (Phi) is 17.0. The highest BCUT2D eigenvalue weighted by atomic mass is 32.1. The molecule has 132 valence electrons. The van der Waals surface area contributed by atoms with Crippen molar-refractivity contribution in [1.29, 1.82) is 0 Å². The van der Waals surface area contributed by atoms with Gasteiger partial charge in [0.15, 0.2) is 0 Å². The summed E-state index contributed by atoms with van der Waals surface area (Å²) in [6, 6.07) is 0. The average molecular weight is 332 g/mol. The van der Waals surface area contributed by atoms with Crippen LogP contribution in [0.3, 0.4) is 0 Å². The minimum atomic E-state index is -0.120. The number of rotatable bonds is 16. The molecule has 4 heteroatoms. The molecule has 0 aliphatic rings. The van der Waals surface area contributed by atoms with Gasteiger partial charge in [-0.25, -0.2) is 0 Å². The molecule has 0 saturated carbocycles. The van der Waals surface area contributed by atoms with E-state index in [1.165, 1.54) is 70.6 Å². The van der Waals surface area contributed by atoms with Crippen LogP contribution in [0.5, 0.6) is 0 Å². The zero-order valence-corrected chi connectivity index (χ0v) is 15.6. The maximum Gasteiger partial charge on any atom is 0.222 e. The smallest absolute Gasteiger partial charge is 0.222 e. The topological polar surface area (TPSA) is 38.3 Å². The Morgan fingerprint density at radius 2 is 1.36 bits per heavy atom. The lowest BCUT2D eigenvalue weighted by Gasteiger charge is -2.08. The highest BCUT2D eigenvalue weighted by molar-refractivity contribution is 7.75. The third-order valence-electron chi connectivity index (χ3n) is 4.01. The highest BCUT2D eigenvalue weighted by Gasteiger charge is 2.07. The summed E-state index contributed by atoms with van der Waals surface area (Å²) < 4.78 is 4.77. The molecule has 0 bridgehead atoms. The molecule has 1 unspecified atom stereocenters. The molecule has 3 nitrogen and oxygen atoms in total. The van der Waals surface area contributed by atoms with Gasteiger partial charge in [0.2, 0.25) is 5.91 Å². The first-order valence-electron chi connectivity index (χ1n) is 9.27. The van der Waals surface area contributed by atoms with Crippen LogP contribution in [0.2, 0.25) is 0 Å². The molecule has 0 aromatic carbocycles. The molecule has 0 aromatic heterocycles. The summed E-state index contributed by atoms with van der Waals surface area (Å²) in [5.41, 5.74) is 0. The lowest BCUT2D eigenvalue weighted by Crippen LogP contribution is -2.27. The SMILES string of the molecule is CCCCCCCCCCCCCCNC(=O)CC(C)OS. The largest absolute Gasteiger partial charge is 0.356 e. The normalized spacial score (nSPS) is 12.3. The molecule has 0 radical (unpaired) electrons. The summed E-state index contributed by atoms with van der Waals surface area (Å²) in [6.07, 6.45) is 16.4. The van der Waals surface area contributed by atoms with Crippen molar-refractivity contribution >= 4 is 18.8 Å². The van der Waals surface area contributed by atoms with Gasteiger partial charge in [0.1, 0.15) is 0 Å². The molecule has 0 aliphatic carbocycles. The number of nitrogens with one attached hydrogen (secondary N) is 1. The van der Waals surface area contributed by atoms with E-state index in [1.807, 2.05) is 6.92 Å². The fraction of sp³-hybridized carbons (Fsp3) is 0.944. The highest BCUT2D eigenvalue weighted by Crippen LogP contribution is 2.11. The first-order valence-corrected chi connectivity index (χ1v) is 9.64. The standard InChI is InChI=1S/C18H37NO2S/c1-3-4-5-6-7-8-9-10-11-12-13-14-15-19-18(20)16-17(2)21-22/h17,22H,3-16H2,1-2H3,(H,19,20). The zero-order chi connectivity index (χ0) is 16.5. The van der Waals surface area contributed by atoms with Gasteiger partial charge in [-0.3, -0.25) is 4.79 Å². The van der Waals surface area contributed by atoms with Gasteiger partial charge in [-0.2, -0.15) is 0 Å². The van der Waals surface area contributed by atoms with Crippen LogP contribution in [-0.2, 0) is 8.98 Å². The third-order valence-corrected chi connectivity index (χ3v) is 4.37. The van der Waals surface area contributed by atoms with Crippen molar-refractivity contribution in [3.05, 3.63) is 0 Å². The molecule has 0 aliphatic heterocycles. The first kappa shape index (κ1) is 21.8. The van der Waals surface area contributed by atoms with Crippen LogP contribution in [0.25, 0.3) is 0 Å². The molecule has 0 spiro atoms. The summed E-state index contributed by atoms with van der Waals surface area (Å²) in [5.74, 6) is 0.0598. The molecule has 1 atom stereocenters. The number of carbonyl (C=O) groups excluding carboxylic acids is 1. The van der Waals surface area contributed by atoms with E-state index in [0.29, 0.717) is 6.42 Å². The van der Waals surface area contributed by atoms with E-state index < -0.39 is 0 Å². The minimum absolute atomic E-state index is 0.0598. The van der Waals surface area contributed by atoms with E-state index in [-0.39, 0.29) is 12.0 Å². The second-order valence-electron chi connectivity index (χ2n) is 6.36. The number of unbranched alkanes of at least 4 members (excludes halogenated alkanes) is 11. The van der Waals surface area contributed by atoms with Crippen molar-refractivity contribution < 1.29 is 8.98 Å². The zero-order valence-electron chi connectivity index (χ0n) is 14.7. The summed E-state index contributed by atoms with van der Waals surface area (Å²) in [4.78, 5) is 11.5. The van der Waals surface area contributed by atoms with E-state index >= 15 is 0 Å². The molecule has 0 heterocycles. The van der Waals surface area contributed by atoms with Gasteiger partial charge in [0, 0.05) is 6.54 Å². The summed E-state index contributed by atoms with van der Waals surface area (Å²) >= 11 is 3.70. The molecule has 0 fully saturated rings. The Labute approximate surface area is 143 Å². The summed E-state index contributed by atoms with van der Waals surface area (Å²) in [6.45, 7) is 4.90. The Bertz CT molecular complexity index is 249. The minimum Gasteiger partial charge on any atom is -0.356 e. The van der Waals surface area contributed by atoms with E-state index in [1.54, 1.807) is 0 Å². The Balaban J connectivity index is 3.12. The average Bonchev–Trinajstić information content (AvgIpc) is 2.51. The number of carbonyl (C=O) groups is 1. The van der Waals surface area contributed by atoms with Crippen molar-refractivity contribution in [2.45, 2.75) is 103 Å². The Morgan fingerprint density at radius 3 is 1.82 bits per heavy atom. The van der Waals surface area contributed by atoms with Gasteiger partial charge in [-0.05, 0) is 26.3 Å². The number of hydrogen-bond acceptors (Lipinski definition) is 3. The molecule has 0 saturated heterocycles. The summed E-state index contributed by atoms with van der Waals surface area (Å²) in [7, 11) is 0. The van der Waals surface area contributed by atoms with Gasteiger partial charge in [0.05, 0.1) is 12.5 Å². The van der Waals surface area contributed by atoms with Crippen LogP contribution >= 0.6 is 12.9 Å². The van der Waals surface area contributed by atoms with Crippen LogP contribution in [0.1, 0.15) is 97.3 Å². The number of amides is 1. The van der Waals surface area contributed by atoms with Gasteiger partial charge in [-0.1, -0.05) is 77.6 Å². The predicted molar refractivity (Wildman–Crippen MR) is 98.2 cm³/mol. The maximum absolute atomic E-state index is 11.5. The monoisotopic (exact) mass is 331 g/mol. The Morgan fingerprint density at radius 1 is 0.909 bits per heavy atom. The molecule has 1 amide bonds. The molecular weight excluding hydrogens is 294 g/mol. The fourth-order valence-corrected chi connectivity index (χ4v) is 2.64. The first-order chi connectivity index (χ1) is 10.7. The van der Waals surface area contributed by atoms with Gasteiger partial charge < -0.3 is 9.50 Å². The van der Waals surface area contributed by atoms with Crippen molar-refractivity contribution in [3.63, 3.8) is 0 Å². The summed E-state index contributed by atoms with van der Waals surface area (Å²) in [5, 5.41) is 2.93. The van der Waals surface area contributed by atoms with Crippen LogP contribution in [0.15, 0.2) is 0 Å². The van der Waals surface area contributed by atoms with Crippen LogP contribution in [0.4, 0.5) is 0 Å². The van der Waals surface area contributed by atoms with Gasteiger partial charge >= 0.3 is 0 Å². The lowest BCUT2D eigenvalue weighted by atomic mass is 10.1. The quantitative estimate of drug-likeness (QED) is 0.224. The van der Waals surface area contributed by atoms with E-state index in [0.717, 1.165) is 13.0 Å². The van der Waals surface area contributed by atoms with Crippen molar-refractivity contribution in [2.24, 2.45) is 0 Å². The van der Waals surface area contributed by atoms with E-state index in [4.69, 9.17) is 4.18 Å². The molecule has 0 rings (SSSR count). The van der Waals surface area contributed by atoms with Gasteiger partial charge in [0.25, 0.3) is 0 Å². The van der Waals surface area contributed by atoms with Crippen molar-refractivity contribution in [1.82, 2.24) is 5.32 Å². The number of thiol groups is 1. The number of hydrogen-bond donors (Lipinski definition) is 2. The molecule has 0 aromatic rings. The molecular formula is C18H37NO2S. The van der Waals surface area contributed by atoms with Crippen molar-refractivity contribution in [2.75, 3.05) is 6.54 Å². The van der Waals surface area contributed by atoms with E-state index in [2.05, 4.69) is 25.2 Å². The van der Waals surface area contributed by atoms with Crippen LogP contribution in [-0.4, -0.2) is 18.6 Å². The second-order valence-corrected chi connectivity index (χ2v) is 6.57. The Hall–Kier alpha value is -0.220. The molecule has 1 N–H and O–H groups in total. The van der Waals surface area contributed by atoms with Crippen LogP contribution < -0.4 is 5.32 Å².